The molecule has 2 aromatic carbocycles. The van der Waals surface area contributed by atoms with E-state index in [0.29, 0.717) is 23.9 Å². The van der Waals surface area contributed by atoms with Gasteiger partial charge < -0.3 is 19.2 Å². The van der Waals surface area contributed by atoms with Crippen LogP contribution in [-0.4, -0.2) is 22.8 Å². The zero-order chi connectivity index (χ0) is 21.6. The molecule has 0 saturated carbocycles. The minimum Gasteiger partial charge on any atom is -0.497 e. The van der Waals surface area contributed by atoms with E-state index in [1.54, 1.807) is 72.6 Å². The summed E-state index contributed by atoms with van der Waals surface area (Å²) in [7, 11) is 1.60. The van der Waals surface area contributed by atoms with Gasteiger partial charge >= 0.3 is 0 Å². The van der Waals surface area contributed by atoms with Gasteiger partial charge in [-0.2, -0.15) is 5.10 Å². The molecule has 0 spiro atoms. The summed E-state index contributed by atoms with van der Waals surface area (Å²) in [6.45, 7) is 0.648. The Balaban J connectivity index is 1.31. The fraction of sp³-hybridized carbons (Fsp3) is 0.130. The number of nitrogens with one attached hydrogen (secondary N) is 1. The van der Waals surface area contributed by atoms with E-state index in [1.807, 2.05) is 0 Å². The van der Waals surface area contributed by atoms with Gasteiger partial charge in [-0.3, -0.25) is 9.48 Å². The van der Waals surface area contributed by atoms with Crippen LogP contribution in [0.2, 0.25) is 0 Å². The molecule has 0 radical (unpaired) electrons. The van der Waals surface area contributed by atoms with Gasteiger partial charge in [0, 0.05) is 12.3 Å². The standard InChI is InChI=1S/C23H20FN3O4/c1-29-18-6-8-19(9-7-18)30-15-20-10-11-21(31-20)23(28)25-22-12-13-27(26-22)14-16-2-4-17(24)5-3-16/h2-13H,14-15H2,1H3,(H,25,26,28). The van der Waals surface area contributed by atoms with Crippen molar-refractivity contribution in [1.29, 1.82) is 0 Å². The number of benzene rings is 2. The molecule has 0 aliphatic rings. The summed E-state index contributed by atoms with van der Waals surface area (Å²) in [4.78, 5) is 12.4. The third-order valence-corrected chi connectivity index (χ3v) is 4.47. The highest BCUT2D eigenvalue weighted by Crippen LogP contribution is 2.19. The molecule has 1 N–H and O–H groups in total. The fourth-order valence-corrected chi connectivity index (χ4v) is 2.88. The highest BCUT2D eigenvalue weighted by atomic mass is 19.1. The number of amides is 1. The molecule has 31 heavy (non-hydrogen) atoms. The first-order chi connectivity index (χ1) is 15.1. The zero-order valence-electron chi connectivity index (χ0n) is 16.7. The van der Waals surface area contributed by atoms with Gasteiger partial charge in [0.2, 0.25) is 0 Å². The highest BCUT2D eigenvalue weighted by molar-refractivity contribution is 6.01. The lowest BCUT2D eigenvalue weighted by atomic mass is 10.2. The molecular formula is C23H20FN3O4. The molecule has 158 valence electrons. The molecule has 2 aromatic heterocycles. The van der Waals surface area contributed by atoms with Crippen molar-refractivity contribution < 1.29 is 23.1 Å². The lowest BCUT2D eigenvalue weighted by Gasteiger charge is -2.05. The minimum absolute atomic E-state index is 0.154. The second-order valence-corrected chi connectivity index (χ2v) is 6.71. The van der Waals surface area contributed by atoms with Crippen molar-refractivity contribution in [1.82, 2.24) is 9.78 Å². The quantitative estimate of drug-likeness (QED) is 0.453. The van der Waals surface area contributed by atoms with Crippen molar-refractivity contribution in [2.75, 3.05) is 12.4 Å². The van der Waals surface area contributed by atoms with Crippen LogP contribution in [0.1, 0.15) is 21.9 Å². The van der Waals surface area contributed by atoms with E-state index in [-0.39, 0.29) is 18.2 Å². The Morgan fingerprint density at radius 1 is 1.03 bits per heavy atom. The first kappa shape index (κ1) is 20.2. The van der Waals surface area contributed by atoms with E-state index in [4.69, 9.17) is 13.9 Å². The largest absolute Gasteiger partial charge is 0.497 e. The van der Waals surface area contributed by atoms with Crippen LogP contribution in [0.4, 0.5) is 10.2 Å². The lowest BCUT2D eigenvalue weighted by Crippen LogP contribution is -2.12. The van der Waals surface area contributed by atoms with Gasteiger partial charge in [-0.15, -0.1) is 0 Å². The monoisotopic (exact) mass is 421 g/mol. The van der Waals surface area contributed by atoms with Crippen molar-refractivity contribution in [3.05, 3.63) is 95.8 Å². The number of furan rings is 1. The van der Waals surface area contributed by atoms with E-state index in [2.05, 4.69) is 10.4 Å². The molecule has 0 bridgehead atoms. The maximum absolute atomic E-state index is 13.0. The summed E-state index contributed by atoms with van der Waals surface area (Å²) in [5.74, 6) is 1.76. The second kappa shape index (κ2) is 9.17. The van der Waals surface area contributed by atoms with Crippen molar-refractivity contribution >= 4 is 11.7 Å². The number of carbonyl (C=O) groups excluding carboxylic acids is 1. The summed E-state index contributed by atoms with van der Waals surface area (Å²) in [6.07, 6.45) is 1.73. The lowest BCUT2D eigenvalue weighted by molar-refractivity contribution is 0.0992. The van der Waals surface area contributed by atoms with Crippen molar-refractivity contribution in [3.63, 3.8) is 0 Å². The number of anilines is 1. The normalized spacial score (nSPS) is 10.6. The summed E-state index contributed by atoms with van der Waals surface area (Å²) >= 11 is 0. The SMILES string of the molecule is COc1ccc(OCc2ccc(C(=O)Nc3ccn(Cc4ccc(F)cc4)n3)o2)cc1. The molecule has 4 rings (SSSR count). The van der Waals surface area contributed by atoms with Gasteiger partial charge in [-0.1, -0.05) is 12.1 Å². The molecule has 8 heteroatoms. The van der Waals surface area contributed by atoms with Crippen LogP contribution in [-0.2, 0) is 13.2 Å². The van der Waals surface area contributed by atoms with E-state index in [1.165, 1.54) is 12.1 Å². The van der Waals surface area contributed by atoms with E-state index in [9.17, 15) is 9.18 Å². The number of rotatable bonds is 8. The Morgan fingerprint density at radius 2 is 1.77 bits per heavy atom. The smallest absolute Gasteiger partial charge is 0.292 e. The van der Waals surface area contributed by atoms with E-state index in [0.717, 1.165) is 11.3 Å². The molecule has 0 saturated heterocycles. The number of halogens is 1. The fourth-order valence-electron chi connectivity index (χ4n) is 2.88. The maximum Gasteiger partial charge on any atom is 0.292 e. The molecule has 7 nitrogen and oxygen atoms in total. The van der Waals surface area contributed by atoms with Gasteiger partial charge in [-0.25, -0.2) is 4.39 Å². The number of methoxy groups -OCH3 is 1. The summed E-state index contributed by atoms with van der Waals surface area (Å²) < 4.78 is 31.0. The Bertz CT molecular complexity index is 1150. The molecule has 1 amide bonds. The molecule has 0 aliphatic carbocycles. The van der Waals surface area contributed by atoms with Crippen LogP contribution in [0, 0.1) is 5.82 Å². The van der Waals surface area contributed by atoms with E-state index < -0.39 is 5.91 Å². The van der Waals surface area contributed by atoms with Crippen LogP contribution in [0.5, 0.6) is 11.5 Å². The number of aromatic nitrogens is 2. The first-order valence-corrected chi connectivity index (χ1v) is 9.54. The first-order valence-electron chi connectivity index (χ1n) is 9.54. The van der Waals surface area contributed by atoms with E-state index >= 15 is 0 Å². The average Bonchev–Trinajstić information content (AvgIpc) is 3.44. The number of hydrogen-bond donors (Lipinski definition) is 1. The Kier molecular flexibility index (Phi) is 5.98. The highest BCUT2D eigenvalue weighted by Gasteiger charge is 2.13. The van der Waals surface area contributed by atoms with Gasteiger partial charge in [-0.05, 0) is 54.1 Å². The molecule has 0 atom stereocenters. The molecule has 2 heterocycles. The van der Waals surface area contributed by atoms with Gasteiger partial charge in [0.15, 0.2) is 11.6 Å². The predicted octanol–water partition coefficient (Wildman–Crippen LogP) is 4.50. The maximum atomic E-state index is 13.0. The van der Waals surface area contributed by atoms with Crippen LogP contribution in [0.15, 0.2) is 77.3 Å². The van der Waals surface area contributed by atoms with Gasteiger partial charge in [0.1, 0.15) is 29.7 Å². The summed E-state index contributed by atoms with van der Waals surface area (Å²) in [5, 5.41) is 7.00. The predicted molar refractivity (Wildman–Crippen MR) is 112 cm³/mol. The Morgan fingerprint density at radius 3 is 2.52 bits per heavy atom. The van der Waals surface area contributed by atoms with Crippen LogP contribution in [0.3, 0.4) is 0 Å². The number of hydrogen-bond acceptors (Lipinski definition) is 5. The molecular weight excluding hydrogens is 401 g/mol. The van der Waals surface area contributed by atoms with Gasteiger partial charge in [0.25, 0.3) is 5.91 Å². The zero-order valence-corrected chi connectivity index (χ0v) is 16.7. The minimum atomic E-state index is -0.414. The van der Waals surface area contributed by atoms with Crippen molar-refractivity contribution in [2.45, 2.75) is 13.2 Å². The number of carbonyl (C=O) groups is 1. The molecule has 4 aromatic rings. The summed E-state index contributed by atoms with van der Waals surface area (Å²) in [5.41, 5.74) is 0.898. The van der Waals surface area contributed by atoms with Crippen LogP contribution < -0.4 is 14.8 Å². The molecule has 0 fully saturated rings. The van der Waals surface area contributed by atoms with Crippen LogP contribution in [0.25, 0.3) is 0 Å². The summed E-state index contributed by atoms with van der Waals surface area (Å²) in [6, 6.07) is 18.3. The third-order valence-electron chi connectivity index (χ3n) is 4.47. The van der Waals surface area contributed by atoms with Crippen molar-refractivity contribution in [2.24, 2.45) is 0 Å². The number of ether oxygens (including phenoxy) is 2. The number of nitrogens with zero attached hydrogens (tertiary/aromatic N) is 2. The topological polar surface area (TPSA) is 78.5 Å². The van der Waals surface area contributed by atoms with Gasteiger partial charge in [0.05, 0.1) is 13.7 Å². The molecule has 0 aliphatic heterocycles. The van der Waals surface area contributed by atoms with Crippen LogP contribution >= 0.6 is 0 Å². The molecule has 0 unspecified atom stereocenters. The second-order valence-electron chi connectivity index (χ2n) is 6.71. The van der Waals surface area contributed by atoms with Crippen molar-refractivity contribution in [3.8, 4) is 11.5 Å². The third kappa shape index (κ3) is 5.30. The Labute approximate surface area is 178 Å². The Hall–Kier alpha value is -4.07. The average molecular weight is 421 g/mol.